The van der Waals surface area contributed by atoms with Gasteiger partial charge < -0.3 is 14.9 Å². The van der Waals surface area contributed by atoms with Gasteiger partial charge in [-0.15, -0.1) is 5.10 Å². The van der Waals surface area contributed by atoms with Crippen molar-refractivity contribution in [3.63, 3.8) is 0 Å². The largest absolute Gasteiger partial charge is 0.396 e. The van der Waals surface area contributed by atoms with Crippen molar-refractivity contribution >= 4 is 5.91 Å². The Morgan fingerprint density at radius 1 is 1.40 bits per heavy atom. The lowest BCUT2D eigenvalue weighted by Gasteiger charge is -2.20. The second-order valence-corrected chi connectivity index (χ2v) is 5.59. The summed E-state index contributed by atoms with van der Waals surface area (Å²) in [4.78, 5) is 16.1. The second-order valence-electron chi connectivity index (χ2n) is 5.59. The number of tetrazole rings is 1. The maximum absolute atomic E-state index is 12.2. The molecule has 1 aromatic rings. The Labute approximate surface area is 118 Å². The van der Waals surface area contributed by atoms with Gasteiger partial charge in [0.15, 0.2) is 0 Å². The summed E-state index contributed by atoms with van der Waals surface area (Å²) in [7, 11) is 4.02. The number of likely N-dealkylation sites (tertiary alicyclic amines) is 1. The average molecular weight is 282 g/mol. The van der Waals surface area contributed by atoms with Crippen LogP contribution >= 0.6 is 0 Å². The van der Waals surface area contributed by atoms with Gasteiger partial charge in [-0.2, -0.15) is 0 Å². The van der Waals surface area contributed by atoms with Gasteiger partial charge in [-0.3, -0.25) is 4.79 Å². The van der Waals surface area contributed by atoms with Gasteiger partial charge in [0.25, 0.3) is 0 Å². The van der Waals surface area contributed by atoms with Gasteiger partial charge in [0.05, 0.1) is 6.54 Å². The molecular formula is C12H22N6O2. The number of amides is 1. The zero-order chi connectivity index (χ0) is 14.5. The van der Waals surface area contributed by atoms with Gasteiger partial charge >= 0.3 is 0 Å². The van der Waals surface area contributed by atoms with Crippen molar-refractivity contribution in [3.05, 3.63) is 6.33 Å². The highest BCUT2D eigenvalue weighted by Crippen LogP contribution is 2.24. The SMILES string of the molecule is CN(C)C[C@@H]1CN(C(=O)CCn2cnnn2)C[C@@H]1CO. The molecule has 0 bridgehead atoms. The van der Waals surface area contributed by atoms with E-state index in [1.807, 2.05) is 19.0 Å². The van der Waals surface area contributed by atoms with E-state index >= 15 is 0 Å². The predicted octanol–water partition coefficient (Wildman–Crippen LogP) is -1.31. The van der Waals surface area contributed by atoms with Crippen molar-refractivity contribution in [2.45, 2.75) is 13.0 Å². The average Bonchev–Trinajstić information content (AvgIpc) is 3.04. The van der Waals surface area contributed by atoms with Gasteiger partial charge in [0.2, 0.25) is 5.91 Å². The molecule has 1 aromatic heterocycles. The van der Waals surface area contributed by atoms with E-state index in [2.05, 4.69) is 20.4 Å². The van der Waals surface area contributed by atoms with Crippen molar-refractivity contribution in [1.29, 1.82) is 0 Å². The highest BCUT2D eigenvalue weighted by Gasteiger charge is 2.34. The molecule has 2 heterocycles. The molecule has 1 fully saturated rings. The monoisotopic (exact) mass is 282 g/mol. The molecule has 1 saturated heterocycles. The number of hydrogen-bond acceptors (Lipinski definition) is 6. The summed E-state index contributed by atoms with van der Waals surface area (Å²) in [6.07, 6.45) is 1.89. The molecule has 0 aromatic carbocycles. The quantitative estimate of drug-likeness (QED) is 0.697. The minimum absolute atomic E-state index is 0.0974. The number of aliphatic hydroxyl groups excluding tert-OH is 1. The van der Waals surface area contributed by atoms with Crippen LogP contribution in [0.15, 0.2) is 6.33 Å². The molecule has 2 atom stereocenters. The lowest BCUT2D eigenvalue weighted by Crippen LogP contribution is -2.31. The number of carbonyl (C=O) groups is 1. The third kappa shape index (κ3) is 3.73. The molecule has 0 saturated carbocycles. The van der Waals surface area contributed by atoms with Crippen molar-refractivity contribution in [1.82, 2.24) is 30.0 Å². The lowest BCUT2D eigenvalue weighted by atomic mass is 9.97. The lowest BCUT2D eigenvalue weighted by molar-refractivity contribution is -0.130. The van der Waals surface area contributed by atoms with Crippen molar-refractivity contribution in [2.75, 3.05) is 40.3 Å². The normalized spacial score (nSPS) is 22.7. The van der Waals surface area contributed by atoms with Crippen molar-refractivity contribution in [3.8, 4) is 0 Å². The Hall–Kier alpha value is -1.54. The number of rotatable bonds is 6. The van der Waals surface area contributed by atoms with E-state index in [0.29, 0.717) is 25.4 Å². The van der Waals surface area contributed by atoms with Crippen LogP contribution in [0.1, 0.15) is 6.42 Å². The fourth-order valence-electron chi connectivity index (χ4n) is 2.68. The van der Waals surface area contributed by atoms with E-state index in [1.54, 1.807) is 4.68 Å². The fraction of sp³-hybridized carbons (Fsp3) is 0.833. The molecule has 8 nitrogen and oxygen atoms in total. The number of aromatic nitrogens is 4. The summed E-state index contributed by atoms with van der Waals surface area (Å²) in [6.45, 7) is 2.88. The van der Waals surface area contributed by atoms with Gasteiger partial charge in [-0.25, -0.2) is 4.68 Å². The Balaban J connectivity index is 1.84. The number of nitrogens with zero attached hydrogens (tertiary/aromatic N) is 6. The molecule has 20 heavy (non-hydrogen) atoms. The predicted molar refractivity (Wildman–Crippen MR) is 71.6 cm³/mol. The minimum Gasteiger partial charge on any atom is -0.396 e. The summed E-state index contributed by atoms with van der Waals surface area (Å²) in [5.74, 6) is 0.613. The van der Waals surface area contributed by atoms with Gasteiger partial charge in [-0.05, 0) is 30.4 Å². The third-order valence-electron chi connectivity index (χ3n) is 3.71. The summed E-state index contributed by atoms with van der Waals surface area (Å²) in [6, 6.07) is 0. The van der Waals surface area contributed by atoms with Crippen LogP contribution in [0.4, 0.5) is 0 Å². The van der Waals surface area contributed by atoms with Crippen molar-refractivity contribution in [2.24, 2.45) is 11.8 Å². The molecule has 0 aliphatic carbocycles. The molecule has 0 radical (unpaired) electrons. The summed E-state index contributed by atoms with van der Waals surface area (Å²) in [5, 5.41) is 20.3. The van der Waals surface area contributed by atoms with E-state index in [0.717, 1.165) is 13.1 Å². The van der Waals surface area contributed by atoms with Crippen LogP contribution in [0, 0.1) is 11.8 Å². The van der Waals surface area contributed by atoms with Crippen LogP contribution in [0.2, 0.25) is 0 Å². The first-order chi connectivity index (χ1) is 9.60. The van der Waals surface area contributed by atoms with Crippen molar-refractivity contribution < 1.29 is 9.90 Å². The fourth-order valence-corrected chi connectivity index (χ4v) is 2.68. The highest BCUT2D eigenvalue weighted by atomic mass is 16.3. The number of hydrogen-bond donors (Lipinski definition) is 1. The Morgan fingerprint density at radius 2 is 2.15 bits per heavy atom. The minimum atomic E-state index is 0.0974. The van der Waals surface area contributed by atoms with Crippen LogP contribution in [0.3, 0.4) is 0 Å². The van der Waals surface area contributed by atoms with Crippen LogP contribution in [-0.2, 0) is 11.3 Å². The Morgan fingerprint density at radius 3 is 2.75 bits per heavy atom. The molecule has 0 spiro atoms. The smallest absolute Gasteiger partial charge is 0.224 e. The highest BCUT2D eigenvalue weighted by molar-refractivity contribution is 5.76. The molecule has 1 aliphatic heterocycles. The molecular weight excluding hydrogens is 260 g/mol. The topological polar surface area (TPSA) is 87.4 Å². The van der Waals surface area contributed by atoms with E-state index in [1.165, 1.54) is 6.33 Å². The molecule has 112 valence electrons. The number of aliphatic hydroxyl groups is 1. The molecule has 1 N–H and O–H groups in total. The van der Waals surface area contributed by atoms with Crippen LogP contribution < -0.4 is 0 Å². The maximum Gasteiger partial charge on any atom is 0.224 e. The second kappa shape index (κ2) is 6.76. The molecule has 1 aliphatic rings. The first-order valence-electron chi connectivity index (χ1n) is 6.84. The third-order valence-corrected chi connectivity index (χ3v) is 3.71. The first-order valence-corrected chi connectivity index (χ1v) is 6.84. The molecule has 2 rings (SSSR count). The van der Waals surface area contributed by atoms with Crippen LogP contribution in [0.5, 0.6) is 0 Å². The van der Waals surface area contributed by atoms with E-state index in [-0.39, 0.29) is 18.4 Å². The van der Waals surface area contributed by atoms with Gasteiger partial charge in [0.1, 0.15) is 6.33 Å². The summed E-state index contributed by atoms with van der Waals surface area (Å²) in [5.41, 5.74) is 0. The zero-order valence-electron chi connectivity index (χ0n) is 12.0. The van der Waals surface area contributed by atoms with Crippen LogP contribution in [-0.4, -0.2) is 81.4 Å². The summed E-state index contributed by atoms with van der Waals surface area (Å²) < 4.78 is 1.55. The number of carbonyl (C=O) groups excluding carboxylic acids is 1. The van der Waals surface area contributed by atoms with Crippen LogP contribution in [0.25, 0.3) is 0 Å². The molecule has 0 unspecified atom stereocenters. The van der Waals surface area contributed by atoms with E-state index in [4.69, 9.17) is 0 Å². The van der Waals surface area contributed by atoms with Gasteiger partial charge in [-0.1, -0.05) is 0 Å². The first kappa shape index (κ1) is 14.9. The molecule has 8 heteroatoms. The Kier molecular flexibility index (Phi) is 5.02. The van der Waals surface area contributed by atoms with E-state index < -0.39 is 0 Å². The standard InChI is InChI=1S/C12H22N6O2/c1-16(2)5-10-6-17(7-11(10)8-19)12(20)3-4-18-9-13-14-15-18/h9-11,19H,3-8H2,1-2H3/t10-,11-/m1/s1. The Bertz CT molecular complexity index is 422. The maximum atomic E-state index is 12.2. The van der Waals surface area contributed by atoms with E-state index in [9.17, 15) is 9.90 Å². The summed E-state index contributed by atoms with van der Waals surface area (Å²) >= 11 is 0. The molecule has 1 amide bonds. The number of aryl methyl sites for hydroxylation is 1. The van der Waals surface area contributed by atoms with Gasteiger partial charge in [0, 0.05) is 38.6 Å². The zero-order valence-corrected chi connectivity index (χ0v) is 12.0.